The van der Waals surface area contributed by atoms with Gasteiger partial charge in [0, 0.05) is 19.0 Å². The van der Waals surface area contributed by atoms with E-state index in [-0.39, 0.29) is 17.8 Å². The van der Waals surface area contributed by atoms with E-state index in [1.54, 1.807) is 11.2 Å². The Bertz CT molecular complexity index is 1040. The van der Waals surface area contributed by atoms with Gasteiger partial charge >= 0.3 is 6.09 Å². The number of piperidine rings is 1. The number of imidazole rings is 1. The quantitative estimate of drug-likeness (QED) is 0.593. The van der Waals surface area contributed by atoms with E-state index in [1.165, 1.54) is 0 Å². The van der Waals surface area contributed by atoms with Crippen molar-refractivity contribution in [1.82, 2.24) is 14.5 Å². The van der Waals surface area contributed by atoms with Crippen LogP contribution in [0.3, 0.4) is 0 Å². The number of carbonyl (C=O) groups excluding carboxylic acids is 2. The second kappa shape index (κ2) is 7.97. The molecule has 3 heterocycles. The van der Waals surface area contributed by atoms with Crippen molar-refractivity contribution < 1.29 is 18.7 Å². The van der Waals surface area contributed by atoms with Crippen LogP contribution in [0.15, 0.2) is 47.1 Å². The van der Waals surface area contributed by atoms with Crippen LogP contribution in [0.2, 0.25) is 0 Å². The van der Waals surface area contributed by atoms with Gasteiger partial charge in [0.2, 0.25) is 5.78 Å². The molecule has 1 aliphatic rings. The molecule has 1 saturated heterocycles. The highest BCUT2D eigenvalue weighted by Gasteiger charge is 2.32. The number of ketones is 1. The van der Waals surface area contributed by atoms with Crippen molar-refractivity contribution in [3.63, 3.8) is 0 Å². The summed E-state index contributed by atoms with van der Waals surface area (Å²) in [6.07, 6.45) is 2.50. The predicted octanol–water partition coefficient (Wildman–Crippen LogP) is 4.51. The molecule has 30 heavy (non-hydrogen) atoms. The first-order valence-electron chi connectivity index (χ1n) is 10.3. The lowest BCUT2D eigenvalue weighted by atomic mass is 9.92. The molecule has 2 aromatic heterocycles. The van der Waals surface area contributed by atoms with Crippen molar-refractivity contribution in [1.29, 1.82) is 0 Å². The first-order valence-corrected chi connectivity index (χ1v) is 10.3. The number of nitrogens with zero attached hydrogens (tertiary/aromatic N) is 3. The summed E-state index contributed by atoms with van der Waals surface area (Å²) in [6.45, 7) is 7.01. The number of aromatic nitrogens is 2. The molecule has 0 radical (unpaired) electrons. The van der Waals surface area contributed by atoms with Crippen LogP contribution in [0.4, 0.5) is 4.79 Å². The number of para-hydroxylation sites is 2. The lowest BCUT2D eigenvalue weighted by Crippen LogP contribution is -2.43. The maximum absolute atomic E-state index is 13.4. The van der Waals surface area contributed by atoms with E-state index in [1.807, 2.05) is 61.7 Å². The summed E-state index contributed by atoms with van der Waals surface area (Å²) in [7, 11) is 0. The van der Waals surface area contributed by atoms with Crippen LogP contribution in [0.1, 0.15) is 50.0 Å². The molecule has 4 rings (SSSR count). The van der Waals surface area contributed by atoms with Crippen molar-refractivity contribution >= 4 is 22.9 Å². The Hall–Kier alpha value is -3.09. The number of carbonyl (C=O) groups is 2. The lowest BCUT2D eigenvalue weighted by Gasteiger charge is -2.32. The van der Waals surface area contributed by atoms with E-state index >= 15 is 0 Å². The van der Waals surface area contributed by atoms with E-state index in [0.717, 1.165) is 16.8 Å². The van der Waals surface area contributed by atoms with Gasteiger partial charge in [-0.2, -0.15) is 0 Å². The Morgan fingerprint density at radius 3 is 2.53 bits per heavy atom. The molecule has 0 unspecified atom stereocenters. The molecule has 158 valence electrons. The predicted molar refractivity (Wildman–Crippen MR) is 112 cm³/mol. The molecule has 0 aliphatic carbocycles. The number of rotatable bonds is 4. The van der Waals surface area contributed by atoms with Crippen LogP contribution >= 0.6 is 0 Å². The zero-order valence-corrected chi connectivity index (χ0v) is 17.6. The van der Waals surface area contributed by atoms with Crippen molar-refractivity contribution in [2.45, 2.75) is 45.8 Å². The molecule has 1 fully saturated rings. The van der Waals surface area contributed by atoms with Gasteiger partial charge in [0.15, 0.2) is 5.82 Å². The Labute approximate surface area is 175 Å². The van der Waals surface area contributed by atoms with Crippen LogP contribution in [0.5, 0.6) is 0 Å². The fraction of sp³-hybridized carbons (Fsp3) is 0.435. The summed E-state index contributed by atoms with van der Waals surface area (Å²) in [6, 6.07) is 11.5. The topological polar surface area (TPSA) is 77.6 Å². The molecular weight excluding hydrogens is 382 g/mol. The highest BCUT2D eigenvalue weighted by atomic mass is 16.6. The molecule has 0 saturated carbocycles. The third-order valence-corrected chi connectivity index (χ3v) is 5.29. The highest BCUT2D eigenvalue weighted by Crippen LogP contribution is 2.26. The maximum Gasteiger partial charge on any atom is 0.410 e. The molecule has 0 atom stereocenters. The average molecular weight is 409 g/mol. The van der Waals surface area contributed by atoms with E-state index in [9.17, 15) is 9.59 Å². The number of hydrogen-bond acceptors (Lipinski definition) is 5. The largest absolute Gasteiger partial charge is 0.467 e. The zero-order chi connectivity index (χ0) is 21.3. The minimum Gasteiger partial charge on any atom is -0.467 e. The van der Waals surface area contributed by atoms with E-state index in [4.69, 9.17) is 9.15 Å². The fourth-order valence-electron chi connectivity index (χ4n) is 3.82. The molecule has 1 aliphatic heterocycles. The number of likely N-dealkylation sites (tertiary alicyclic amines) is 1. The van der Waals surface area contributed by atoms with Gasteiger partial charge in [-0.25, -0.2) is 9.78 Å². The number of benzene rings is 1. The molecule has 7 nitrogen and oxygen atoms in total. The van der Waals surface area contributed by atoms with Gasteiger partial charge < -0.3 is 18.6 Å². The summed E-state index contributed by atoms with van der Waals surface area (Å²) in [4.78, 5) is 32.0. The van der Waals surface area contributed by atoms with E-state index in [0.29, 0.717) is 38.3 Å². The minimum absolute atomic E-state index is 0.0154. The second-order valence-electron chi connectivity index (χ2n) is 8.70. The van der Waals surface area contributed by atoms with Gasteiger partial charge in [0.25, 0.3) is 0 Å². The van der Waals surface area contributed by atoms with Crippen molar-refractivity contribution in [3.8, 4) is 0 Å². The summed E-state index contributed by atoms with van der Waals surface area (Å²) < 4.78 is 12.9. The molecule has 1 amide bonds. The van der Waals surface area contributed by atoms with Crippen LogP contribution in [-0.4, -0.2) is 45.0 Å². The highest BCUT2D eigenvalue weighted by molar-refractivity contribution is 5.98. The average Bonchev–Trinajstić information content (AvgIpc) is 3.35. The normalized spacial score (nSPS) is 15.5. The first-order chi connectivity index (χ1) is 14.3. The van der Waals surface area contributed by atoms with Crippen LogP contribution < -0.4 is 0 Å². The Morgan fingerprint density at radius 1 is 1.13 bits per heavy atom. The van der Waals surface area contributed by atoms with Gasteiger partial charge in [0.1, 0.15) is 11.4 Å². The number of fused-ring (bicyclic) bond motifs is 1. The third-order valence-electron chi connectivity index (χ3n) is 5.29. The van der Waals surface area contributed by atoms with Gasteiger partial charge in [-0.05, 0) is 57.9 Å². The summed E-state index contributed by atoms with van der Waals surface area (Å²) in [5, 5.41) is 0. The Balaban J connectivity index is 1.52. The van der Waals surface area contributed by atoms with Gasteiger partial charge in [-0.15, -0.1) is 0 Å². The SMILES string of the molecule is CC(C)(C)OC(=O)N1CCC(C(=O)c2nc3ccccc3n2Cc2ccco2)CC1. The van der Waals surface area contributed by atoms with Gasteiger partial charge in [0.05, 0.1) is 23.8 Å². The first kappa shape index (κ1) is 20.2. The molecule has 7 heteroatoms. The van der Waals surface area contributed by atoms with Crippen LogP contribution in [-0.2, 0) is 11.3 Å². The molecule has 1 aromatic carbocycles. The van der Waals surface area contributed by atoms with Crippen LogP contribution in [0, 0.1) is 5.92 Å². The standard InChI is InChI=1S/C23H27N3O4/c1-23(2,3)30-22(28)25-12-10-16(11-13-25)20(27)21-24-18-8-4-5-9-19(18)26(21)15-17-7-6-14-29-17/h4-9,14,16H,10-13,15H2,1-3H3. The number of Topliss-reactive ketones (excluding diaryl/α,β-unsaturated/α-hetero) is 1. The Kier molecular flexibility index (Phi) is 5.37. The van der Waals surface area contributed by atoms with E-state index in [2.05, 4.69) is 4.98 Å². The molecule has 0 bridgehead atoms. The van der Waals surface area contributed by atoms with Crippen LogP contribution in [0.25, 0.3) is 11.0 Å². The summed E-state index contributed by atoms with van der Waals surface area (Å²) >= 11 is 0. The van der Waals surface area contributed by atoms with Crippen molar-refractivity contribution in [3.05, 3.63) is 54.2 Å². The smallest absolute Gasteiger partial charge is 0.410 e. The van der Waals surface area contributed by atoms with Crippen molar-refractivity contribution in [2.24, 2.45) is 5.92 Å². The molecule has 3 aromatic rings. The second-order valence-corrected chi connectivity index (χ2v) is 8.70. The van der Waals surface area contributed by atoms with E-state index < -0.39 is 5.60 Å². The minimum atomic E-state index is -0.527. The lowest BCUT2D eigenvalue weighted by molar-refractivity contribution is 0.0181. The Morgan fingerprint density at radius 2 is 1.87 bits per heavy atom. The third kappa shape index (κ3) is 4.25. The zero-order valence-electron chi connectivity index (χ0n) is 17.6. The monoisotopic (exact) mass is 409 g/mol. The summed E-state index contributed by atoms with van der Waals surface area (Å²) in [5.74, 6) is 1.06. The number of amides is 1. The van der Waals surface area contributed by atoms with Gasteiger partial charge in [-0.3, -0.25) is 4.79 Å². The molecule has 0 N–H and O–H groups in total. The fourth-order valence-corrected chi connectivity index (χ4v) is 3.82. The summed E-state index contributed by atoms with van der Waals surface area (Å²) in [5.41, 5.74) is 1.17. The number of furan rings is 1. The number of ether oxygens (including phenoxy) is 1. The number of hydrogen-bond donors (Lipinski definition) is 0. The van der Waals surface area contributed by atoms with Crippen molar-refractivity contribution in [2.75, 3.05) is 13.1 Å². The maximum atomic E-state index is 13.4. The van der Waals surface area contributed by atoms with Gasteiger partial charge in [-0.1, -0.05) is 12.1 Å². The molecule has 0 spiro atoms. The molecular formula is C23H27N3O4.